The Bertz CT molecular complexity index is 1470. The van der Waals surface area contributed by atoms with E-state index in [1.807, 2.05) is 0 Å². The number of ether oxygens (including phenoxy) is 6. The van der Waals surface area contributed by atoms with E-state index in [2.05, 4.69) is 62.5 Å². The van der Waals surface area contributed by atoms with E-state index >= 15 is 0 Å². The fourth-order valence-corrected chi connectivity index (χ4v) is 8.98. The molecule has 11 unspecified atom stereocenters. The van der Waals surface area contributed by atoms with Gasteiger partial charge in [0.1, 0.15) is 55.4 Å². The number of aliphatic hydroxyl groups is 7. The summed E-state index contributed by atoms with van der Waals surface area (Å²) in [6, 6.07) is 0. The van der Waals surface area contributed by atoms with Crippen LogP contribution in [0, 0.1) is 0 Å². The average molecular weight is 1050 g/mol. The van der Waals surface area contributed by atoms with Gasteiger partial charge in [-0.05, 0) is 77.0 Å². The Kier molecular flexibility index (Phi) is 41.5. The molecule has 2 aliphatic rings. The molecular formula is C59H104O15. The van der Waals surface area contributed by atoms with Crippen LogP contribution in [0.3, 0.4) is 0 Å². The number of hydrogen-bond donors (Lipinski definition) is 7. The van der Waals surface area contributed by atoms with E-state index in [0.717, 1.165) is 77.0 Å². The van der Waals surface area contributed by atoms with Crippen molar-refractivity contribution >= 4 is 11.9 Å². The van der Waals surface area contributed by atoms with E-state index in [1.54, 1.807) is 0 Å². The molecule has 2 fully saturated rings. The fourth-order valence-electron chi connectivity index (χ4n) is 8.98. The topological polar surface area (TPSA) is 231 Å². The highest BCUT2D eigenvalue weighted by Crippen LogP contribution is 2.27. The van der Waals surface area contributed by atoms with Crippen molar-refractivity contribution in [1.29, 1.82) is 0 Å². The summed E-state index contributed by atoms with van der Waals surface area (Å²) < 4.78 is 33.7. The minimum absolute atomic E-state index is 0.159. The van der Waals surface area contributed by atoms with E-state index in [9.17, 15) is 45.3 Å². The summed E-state index contributed by atoms with van der Waals surface area (Å²) in [5.74, 6) is -0.939. The van der Waals surface area contributed by atoms with Crippen LogP contribution in [-0.2, 0) is 38.0 Å². The minimum Gasteiger partial charge on any atom is -0.462 e. The summed E-state index contributed by atoms with van der Waals surface area (Å²) in [7, 11) is 0. The molecule has 0 bridgehead atoms. The molecule has 15 nitrogen and oxygen atoms in total. The first-order chi connectivity index (χ1) is 36.0. The molecule has 74 heavy (non-hydrogen) atoms. The highest BCUT2D eigenvalue weighted by Gasteiger charge is 2.47. The normalized spacial score (nSPS) is 25.0. The van der Waals surface area contributed by atoms with Crippen LogP contribution in [0.2, 0.25) is 0 Å². The van der Waals surface area contributed by atoms with Gasteiger partial charge < -0.3 is 64.2 Å². The molecular weight excluding hydrogens is 949 g/mol. The van der Waals surface area contributed by atoms with E-state index < -0.39 is 92.7 Å². The van der Waals surface area contributed by atoms with Crippen molar-refractivity contribution in [1.82, 2.24) is 0 Å². The van der Waals surface area contributed by atoms with Gasteiger partial charge in [-0.1, -0.05) is 178 Å². The number of rotatable bonds is 46. The molecule has 0 aromatic carbocycles. The molecule has 0 radical (unpaired) electrons. The molecule has 0 aliphatic carbocycles. The van der Waals surface area contributed by atoms with Gasteiger partial charge in [0.2, 0.25) is 0 Å². The number of unbranched alkanes of at least 4 members (excludes halogenated alkanes) is 24. The molecule has 0 aromatic rings. The van der Waals surface area contributed by atoms with E-state index in [4.69, 9.17) is 28.4 Å². The first-order valence-electron chi connectivity index (χ1n) is 29.2. The first kappa shape index (κ1) is 67.6. The van der Waals surface area contributed by atoms with Crippen molar-refractivity contribution in [2.75, 3.05) is 26.4 Å². The lowest BCUT2D eigenvalue weighted by Gasteiger charge is -2.42. The molecule has 430 valence electrons. The molecule has 11 atom stereocenters. The van der Waals surface area contributed by atoms with Crippen LogP contribution in [0.25, 0.3) is 0 Å². The minimum atomic E-state index is -1.77. The van der Waals surface area contributed by atoms with Crippen LogP contribution in [0.1, 0.15) is 219 Å². The largest absolute Gasteiger partial charge is 0.462 e. The first-order valence-corrected chi connectivity index (χ1v) is 29.2. The lowest BCUT2D eigenvalue weighted by molar-refractivity contribution is -0.332. The molecule has 0 saturated carbocycles. The van der Waals surface area contributed by atoms with E-state index in [-0.39, 0.29) is 26.1 Å². The van der Waals surface area contributed by atoms with Gasteiger partial charge in [0, 0.05) is 12.8 Å². The molecule has 2 rings (SSSR count). The van der Waals surface area contributed by atoms with Crippen molar-refractivity contribution in [3.8, 4) is 0 Å². The van der Waals surface area contributed by atoms with Crippen molar-refractivity contribution in [2.24, 2.45) is 0 Å². The van der Waals surface area contributed by atoms with Gasteiger partial charge in [-0.2, -0.15) is 0 Å². The van der Waals surface area contributed by atoms with E-state index in [1.165, 1.54) is 103 Å². The van der Waals surface area contributed by atoms with Gasteiger partial charge in [-0.3, -0.25) is 9.59 Å². The molecule has 0 amide bonds. The number of carbonyl (C=O) groups excluding carboxylic acids is 2. The second-order valence-corrected chi connectivity index (χ2v) is 20.5. The van der Waals surface area contributed by atoms with E-state index in [0.29, 0.717) is 12.8 Å². The fraction of sp³-hybridized carbons (Fsp3) is 0.831. The van der Waals surface area contributed by atoms with Crippen LogP contribution >= 0.6 is 0 Å². The summed E-state index contributed by atoms with van der Waals surface area (Å²) in [6.45, 7) is 2.56. The highest BCUT2D eigenvalue weighted by molar-refractivity contribution is 5.70. The number of aliphatic hydroxyl groups excluding tert-OH is 7. The zero-order valence-electron chi connectivity index (χ0n) is 45.8. The third kappa shape index (κ3) is 32.3. The van der Waals surface area contributed by atoms with Gasteiger partial charge in [-0.25, -0.2) is 0 Å². The summed E-state index contributed by atoms with van der Waals surface area (Å²) in [6.07, 6.45) is 35.6. The Labute approximate surface area is 446 Å². The summed E-state index contributed by atoms with van der Waals surface area (Å²) in [4.78, 5) is 25.9. The Morgan fingerprint density at radius 2 is 0.811 bits per heavy atom. The standard InChI is InChI=1S/C59H104O15/c1-3-5-7-9-11-13-15-17-19-20-21-22-23-24-25-26-28-30-32-34-36-38-40-42-51(62)72-47(44-69-50(61)41-39-37-35-33-31-29-27-18-16-14-12-10-8-6-4-2)45-70-58-57(68)55(66)53(64)49(74-58)46-71-59-56(67)54(65)52(63)48(43-60)73-59/h12,14-15,17-18,20-21,27,47-49,52-60,63-68H,3-11,13,16,19,22-26,28-46H2,1-2H3/b14-12-,17-15-,21-20-,27-18-. The second-order valence-electron chi connectivity index (χ2n) is 20.5. The quantitative estimate of drug-likeness (QED) is 0.0171. The Balaban J connectivity index is 1.74. The number of carbonyl (C=O) groups is 2. The van der Waals surface area contributed by atoms with Crippen LogP contribution in [-0.4, -0.2) is 142 Å². The Morgan fingerprint density at radius 1 is 0.432 bits per heavy atom. The zero-order chi connectivity index (χ0) is 53.9. The van der Waals surface area contributed by atoms with Crippen LogP contribution in [0.15, 0.2) is 48.6 Å². The maximum atomic E-state index is 13.1. The van der Waals surface area contributed by atoms with Gasteiger partial charge in [0.05, 0.1) is 19.8 Å². The van der Waals surface area contributed by atoms with Crippen LogP contribution in [0.4, 0.5) is 0 Å². The monoisotopic (exact) mass is 1050 g/mol. The predicted molar refractivity (Wildman–Crippen MR) is 289 cm³/mol. The highest BCUT2D eigenvalue weighted by atomic mass is 16.7. The lowest BCUT2D eigenvalue weighted by Crippen LogP contribution is -2.61. The summed E-state index contributed by atoms with van der Waals surface area (Å²) in [5, 5.41) is 72.3. The maximum Gasteiger partial charge on any atom is 0.306 e. The second kappa shape index (κ2) is 45.5. The van der Waals surface area contributed by atoms with Gasteiger partial charge >= 0.3 is 11.9 Å². The number of esters is 2. The Morgan fingerprint density at radius 3 is 1.28 bits per heavy atom. The molecule has 2 saturated heterocycles. The van der Waals surface area contributed by atoms with Crippen LogP contribution in [0.5, 0.6) is 0 Å². The number of allylic oxidation sites excluding steroid dienone is 8. The SMILES string of the molecule is CCCCC/C=C\C/C=C\CCCCCCCC(=O)OCC(COC1OC(COC2OC(CO)C(O)C(O)C2O)C(O)C(O)C1O)OC(=O)CCCCCCCCCCCCC/C=C\C/C=C\CCCCCCC. The predicted octanol–water partition coefficient (Wildman–Crippen LogP) is 9.83. The van der Waals surface area contributed by atoms with Crippen molar-refractivity contribution < 1.29 is 73.8 Å². The molecule has 0 aromatic heterocycles. The van der Waals surface area contributed by atoms with Gasteiger partial charge in [0.15, 0.2) is 18.7 Å². The summed E-state index contributed by atoms with van der Waals surface area (Å²) >= 11 is 0. The molecule has 2 aliphatic heterocycles. The van der Waals surface area contributed by atoms with Crippen LogP contribution < -0.4 is 0 Å². The van der Waals surface area contributed by atoms with Gasteiger partial charge in [0.25, 0.3) is 0 Å². The third-order valence-corrected chi connectivity index (χ3v) is 13.8. The molecule has 2 heterocycles. The average Bonchev–Trinajstić information content (AvgIpc) is 3.39. The van der Waals surface area contributed by atoms with Crippen molar-refractivity contribution in [2.45, 2.75) is 287 Å². The van der Waals surface area contributed by atoms with Crippen molar-refractivity contribution in [3.05, 3.63) is 48.6 Å². The summed E-state index contributed by atoms with van der Waals surface area (Å²) in [5.41, 5.74) is 0. The van der Waals surface area contributed by atoms with Gasteiger partial charge in [-0.15, -0.1) is 0 Å². The molecule has 15 heteroatoms. The lowest BCUT2D eigenvalue weighted by atomic mass is 9.98. The Hall–Kier alpha value is -2.54. The van der Waals surface area contributed by atoms with Crippen molar-refractivity contribution in [3.63, 3.8) is 0 Å². The smallest absolute Gasteiger partial charge is 0.306 e. The number of hydrogen-bond acceptors (Lipinski definition) is 15. The maximum absolute atomic E-state index is 13.1. The molecule has 0 spiro atoms. The zero-order valence-corrected chi connectivity index (χ0v) is 45.8. The third-order valence-electron chi connectivity index (χ3n) is 13.8. The molecule has 7 N–H and O–H groups in total.